The van der Waals surface area contributed by atoms with Crippen LogP contribution in [0, 0.1) is 23.2 Å². The van der Waals surface area contributed by atoms with Crippen LogP contribution >= 0.6 is 0 Å². The van der Waals surface area contributed by atoms with Crippen LogP contribution in [0.25, 0.3) is 0 Å². The van der Waals surface area contributed by atoms with E-state index in [1.807, 2.05) is 14.1 Å². The summed E-state index contributed by atoms with van der Waals surface area (Å²) in [5.74, 6) is 1.26. The SMILES string of the molecule is CC12CCCC1[C@@]1(O)CCC3CCC(O)CC3CC1(O)CC2.CNC. The average Bonchev–Trinajstić information content (AvgIpc) is 2.90. The quantitative estimate of drug-likeness (QED) is 0.540. The van der Waals surface area contributed by atoms with Crippen molar-refractivity contribution in [1.82, 2.24) is 5.32 Å². The number of fused-ring (bicyclic) bond motifs is 4. The van der Waals surface area contributed by atoms with Crippen molar-refractivity contribution >= 4 is 0 Å². The van der Waals surface area contributed by atoms with Gasteiger partial charge in [0, 0.05) is 0 Å². The van der Waals surface area contributed by atoms with Crippen molar-refractivity contribution in [3.63, 3.8) is 0 Å². The molecule has 4 N–H and O–H groups in total. The number of aliphatic hydroxyl groups excluding tert-OH is 1. The molecule has 0 aromatic rings. The van der Waals surface area contributed by atoms with Gasteiger partial charge in [0.2, 0.25) is 0 Å². The molecule has 4 heteroatoms. The molecule has 4 fully saturated rings. The van der Waals surface area contributed by atoms with Gasteiger partial charge in [-0.05, 0) is 101 Å². The lowest BCUT2D eigenvalue weighted by molar-refractivity contribution is -0.234. The summed E-state index contributed by atoms with van der Waals surface area (Å²) in [5, 5.41) is 35.9. The Hall–Kier alpha value is -0.160. The van der Waals surface area contributed by atoms with E-state index in [4.69, 9.17) is 0 Å². The average molecular weight is 354 g/mol. The van der Waals surface area contributed by atoms with E-state index in [0.717, 1.165) is 51.4 Å². The Morgan fingerprint density at radius 3 is 2.32 bits per heavy atom. The molecular formula is C21H39NO3. The molecule has 6 unspecified atom stereocenters. The van der Waals surface area contributed by atoms with Crippen molar-refractivity contribution in [3.8, 4) is 0 Å². The fourth-order valence-corrected chi connectivity index (χ4v) is 6.84. The third-order valence-corrected chi connectivity index (χ3v) is 8.18. The number of nitrogens with one attached hydrogen (secondary N) is 1. The fourth-order valence-electron chi connectivity index (χ4n) is 6.84. The van der Waals surface area contributed by atoms with E-state index < -0.39 is 11.2 Å². The van der Waals surface area contributed by atoms with Crippen LogP contribution in [0.1, 0.15) is 77.6 Å². The van der Waals surface area contributed by atoms with Gasteiger partial charge in [0.05, 0.1) is 17.3 Å². The second-order valence-corrected chi connectivity index (χ2v) is 9.78. The molecule has 146 valence electrons. The fraction of sp³-hybridized carbons (Fsp3) is 1.00. The molecule has 0 saturated heterocycles. The number of hydrogen-bond acceptors (Lipinski definition) is 4. The van der Waals surface area contributed by atoms with Gasteiger partial charge in [-0.3, -0.25) is 0 Å². The van der Waals surface area contributed by atoms with Crippen LogP contribution in [0.3, 0.4) is 0 Å². The lowest BCUT2D eigenvalue weighted by atomic mass is 9.54. The van der Waals surface area contributed by atoms with Gasteiger partial charge in [0.1, 0.15) is 0 Å². The Labute approximate surface area is 153 Å². The molecule has 4 nitrogen and oxygen atoms in total. The van der Waals surface area contributed by atoms with Gasteiger partial charge in [-0.25, -0.2) is 0 Å². The third kappa shape index (κ3) is 3.28. The molecule has 0 spiro atoms. The van der Waals surface area contributed by atoms with E-state index in [1.54, 1.807) is 0 Å². The minimum atomic E-state index is -0.919. The summed E-state index contributed by atoms with van der Waals surface area (Å²) < 4.78 is 0. The van der Waals surface area contributed by atoms with Crippen LogP contribution in [0.5, 0.6) is 0 Å². The van der Waals surface area contributed by atoms with Gasteiger partial charge in [-0.1, -0.05) is 13.3 Å². The van der Waals surface area contributed by atoms with Gasteiger partial charge in [-0.2, -0.15) is 0 Å². The molecule has 4 aliphatic carbocycles. The third-order valence-electron chi connectivity index (χ3n) is 8.18. The van der Waals surface area contributed by atoms with Crippen molar-refractivity contribution < 1.29 is 15.3 Å². The summed E-state index contributed by atoms with van der Waals surface area (Å²) in [6.45, 7) is 2.34. The largest absolute Gasteiger partial charge is 0.393 e. The van der Waals surface area contributed by atoms with Gasteiger partial charge < -0.3 is 20.6 Å². The van der Waals surface area contributed by atoms with Crippen molar-refractivity contribution in [2.75, 3.05) is 14.1 Å². The van der Waals surface area contributed by atoms with Gasteiger partial charge in [-0.15, -0.1) is 0 Å². The van der Waals surface area contributed by atoms with Crippen LogP contribution in [0.4, 0.5) is 0 Å². The predicted octanol–water partition coefficient (Wildman–Crippen LogP) is 2.85. The van der Waals surface area contributed by atoms with E-state index in [9.17, 15) is 15.3 Å². The Kier molecular flexibility index (Phi) is 5.57. The molecular weight excluding hydrogens is 314 g/mol. The number of aliphatic hydroxyl groups is 3. The maximum atomic E-state index is 11.7. The molecule has 7 atom stereocenters. The molecule has 0 aliphatic heterocycles. The highest BCUT2D eigenvalue weighted by molar-refractivity contribution is 5.16. The predicted molar refractivity (Wildman–Crippen MR) is 100 cm³/mol. The summed E-state index contributed by atoms with van der Waals surface area (Å²) in [4.78, 5) is 0. The van der Waals surface area contributed by atoms with Gasteiger partial charge >= 0.3 is 0 Å². The zero-order valence-corrected chi connectivity index (χ0v) is 16.4. The number of rotatable bonds is 0. The van der Waals surface area contributed by atoms with Crippen molar-refractivity contribution in [2.24, 2.45) is 23.2 Å². The second-order valence-electron chi connectivity index (χ2n) is 9.78. The van der Waals surface area contributed by atoms with Crippen molar-refractivity contribution in [1.29, 1.82) is 0 Å². The normalized spacial score (nSPS) is 52.1. The van der Waals surface area contributed by atoms with E-state index in [-0.39, 0.29) is 17.4 Å². The first-order chi connectivity index (χ1) is 11.8. The molecule has 4 saturated carbocycles. The van der Waals surface area contributed by atoms with E-state index in [1.165, 1.54) is 12.8 Å². The summed E-state index contributed by atoms with van der Waals surface area (Å²) in [6.07, 6.45) is 10.4. The molecule has 4 aliphatic rings. The monoisotopic (exact) mass is 353 g/mol. The zero-order valence-electron chi connectivity index (χ0n) is 16.4. The lowest BCUT2D eigenvalue weighted by Gasteiger charge is -2.56. The van der Waals surface area contributed by atoms with Gasteiger partial charge in [0.15, 0.2) is 0 Å². The summed E-state index contributed by atoms with van der Waals surface area (Å²) in [7, 11) is 3.75. The van der Waals surface area contributed by atoms with Crippen LogP contribution in [-0.4, -0.2) is 46.7 Å². The maximum Gasteiger partial charge on any atom is 0.0966 e. The molecule has 0 radical (unpaired) electrons. The first-order valence-corrected chi connectivity index (χ1v) is 10.5. The van der Waals surface area contributed by atoms with E-state index in [0.29, 0.717) is 18.3 Å². The summed E-state index contributed by atoms with van der Waals surface area (Å²) in [6, 6.07) is 0. The topological polar surface area (TPSA) is 72.7 Å². The van der Waals surface area contributed by atoms with E-state index in [2.05, 4.69) is 12.2 Å². The molecule has 0 bridgehead atoms. The Balaban J connectivity index is 0.000000569. The first kappa shape index (κ1) is 19.6. The summed E-state index contributed by atoms with van der Waals surface area (Å²) in [5.41, 5.74) is -1.58. The van der Waals surface area contributed by atoms with Crippen LogP contribution in [-0.2, 0) is 0 Å². The molecule has 0 heterocycles. The highest BCUT2D eigenvalue weighted by Gasteiger charge is 2.64. The van der Waals surface area contributed by atoms with Crippen LogP contribution in [0.15, 0.2) is 0 Å². The zero-order chi connectivity index (χ0) is 18.3. The molecule has 0 amide bonds. The number of hydrogen-bond donors (Lipinski definition) is 4. The second kappa shape index (κ2) is 7.10. The van der Waals surface area contributed by atoms with Gasteiger partial charge in [0.25, 0.3) is 0 Å². The smallest absolute Gasteiger partial charge is 0.0966 e. The molecule has 25 heavy (non-hydrogen) atoms. The molecule has 0 aromatic carbocycles. The molecule has 4 rings (SSSR count). The highest BCUT2D eigenvalue weighted by Crippen LogP contribution is 2.63. The first-order valence-electron chi connectivity index (χ1n) is 10.5. The maximum absolute atomic E-state index is 11.7. The van der Waals surface area contributed by atoms with Crippen LogP contribution in [0.2, 0.25) is 0 Å². The van der Waals surface area contributed by atoms with Crippen molar-refractivity contribution in [3.05, 3.63) is 0 Å². The summed E-state index contributed by atoms with van der Waals surface area (Å²) >= 11 is 0. The van der Waals surface area contributed by atoms with Crippen molar-refractivity contribution in [2.45, 2.75) is 94.9 Å². The van der Waals surface area contributed by atoms with E-state index >= 15 is 0 Å². The minimum absolute atomic E-state index is 0.198. The lowest BCUT2D eigenvalue weighted by Crippen LogP contribution is -2.64. The molecule has 0 aromatic heterocycles. The van der Waals surface area contributed by atoms with Crippen LogP contribution < -0.4 is 5.32 Å². The Morgan fingerprint density at radius 1 is 0.880 bits per heavy atom. The standard InChI is InChI=1S/C19H32O3.C2H7N/c1-17-7-2-3-16(17)19(22)8-6-13-4-5-15(20)11-14(13)12-18(19,21)10-9-17;1-3-2/h13-16,20-22H,2-12H2,1H3;3H,1-2H3/t13?,14?,15?,16?,17?,18?,19-;/m0./s1. The minimum Gasteiger partial charge on any atom is -0.393 e. The highest BCUT2D eigenvalue weighted by atomic mass is 16.4. The Bertz CT molecular complexity index is 472. The Morgan fingerprint density at radius 2 is 1.60 bits per heavy atom.